The van der Waals surface area contributed by atoms with Crippen LogP contribution in [0.5, 0.6) is 0 Å². The Kier molecular flexibility index (Phi) is 56.9. The number of halogens is 2. The fourth-order valence-corrected chi connectivity index (χ4v) is 4.02. The Balaban J connectivity index is -0.000000123. The van der Waals surface area contributed by atoms with E-state index in [1.165, 1.54) is 85.8 Å². The van der Waals surface area contributed by atoms with Crippen molar-refractivity contribution < 1.29 is 91.2 Å². The van der Waals surface area contributed by atoms with Crippen molar-refractivity contribution in [2.24, 2.45) is 11.8 Å². The zero-order valence-electron chi connectivity index (χ0n) is 32.1. The largest absolute Gasteiger partial charge is 1.00 e. The van der Waals surface area contributed by atoms with Crippen LogP contribution in [0.4, 0.5) is 8.71 Å². The number of alkyl halides is 1. The van der Waals surface area contributed by atoms with E-state index in [-0.39, 0.29) is 48.0 Å². The second-order valence-electron chi connectivity index (χ2n) is 10.7. The molecule has 5 radical (unpaired) electrons. The van der Waals surface area contributed by atoms with Crippen LogP contribution in [0.2, 0.25) is 0 Å². The summed E-state index contributed by atoms with van der Waals surface area (Å²) in [6.45, 7) is 9.08. The number of likely N-dealkylation sites (tertiary alicyclic amines) is 2. The molecule has 2 heterocycles. The van der Waals surface area contributed by atoms with E-state index in [4.69, 9.17) is 9.42 Å². The number of hydrogen-bond donors (Lipinski definition) is 2. The second-order valence-corrected chi connectivity index (χ2v) is 10.7. The molecule has 2 saturated heterocycles. The van der Waals surface area contributed by atoms with Crippen molar-refractivity contribution in [2.75, 3.05) is 81.9 Å². The van der Waals surface area contributed by atoms with Crippen LogP contribution in [-0.4, -0.2) is 143 Å². The maximum absolute atomic E-state index is 10.9. The van der Waals surface area contributed by atoms with Crippen molar-refractivity contribution in [1.29, 1.82) is 0 Å². The van der Waals surface area contributed by atoms with Gasteiger partial charge in [0.25, 0.3) is 0 Å². The minimum Gasteiger partial charge on any atom is -0.793 e. The van der Waals surface area contributed by atoms with Crippen LogP contribution < -0.4 is 34.9 Å². The topological polar surface area (TPSA) is 170 Å². The molecule has 14 nitrogen and oxygen atoms in total. The molecule has 2 rings (SSSR count). The van der Waals surface area contributed by atoms with Crippen molar-refractivity contribution in [3.8, 4) is 0 Å². The van der Waals surface area contributed by atoms with Crippen molar-refractivity contribution in [3.63, 3.8) is 0 Å². The number of unbranched alkanes of at least 4 members (excludes halogenated alkanes) is 1. The van der Waals surface area contributed by atoms with Crippen molar-refractivity contribution >= 4 is 46.0 Å². The minimum absolute atomic E-state index is 0. The first-order chi connectivity index (χ1) is 23.2. The number of likely N-dealkylation sites (N-methyl/N-ethyl adjacent to an activating group) is 1. The maximum Gasteiger partial charge on any atom is 1.00 e. The van der Waals surface area contributed by atoms with Crippen LogP contribution in [0.25, 0.3) is 0 Å². The number of rotatable bonds is 9. The van der Waals surface area contributed by atoms with E-state index in [0.717, 1.165) is 38.5 Å². The van der Waals surface area contributed by atoms with Gasteiger partial charge in [0, 0.05) is 33.8 Å². The average Bonchev–Trinajstić information content (AvgIpc) is 3.10. The van der Waals surface area contributed by atoms with E-state index in [1.54, 1.807) is 7.05 Å². The molecule has 2 N–H and O–H groups in total. The number of aliphatic hydroxyl groups is 1. The molecule has 0 aromatic heterocycles. The van der Waals surface area contributed by atoms with Gasteiger partial charge in [0.15, 0.2) is 0 Å². The third-order valence-electron chi connectivity index (χ3n) is 6.68. The Bertz CT molecular complexity index is 785. The summed E-state index contributed by atoms with van der Waals surface area (Å²) >= 11 is 0. The van der Waals surface area contributed by atoms with Gasteiger partial charge in [0.1, 0.15) is 0 Å². The standard InChI is InChI=1S/C12H23NO2.C8H17NO.C4H9NO2.C4H6O4.C2H3BO2.CH3F.BF.Na/c1-13-9-7-11(8-10-13)5-3-4-6-12(14)15-2;1-9-5-2-8(3-6-9)4-7-10;1-5-3-4(6)7-2;1-3(5)7-8-4(2)6;1-2(4)5-3;2*1-2;/h11H,3-10H2,1-2H3;8,10H,2-7H2,1H3;5H,3H2,1-2H3;1-2H3;1H3;1H3;;/q;;;;-1;;;+1. The number of carbonyl (C=O) groups excluding carboxylic acids is 5. The summed E-state index contributed by atoms with van der Waals surface area (Å²) in [5, 5.41) is 11.3. The first-order valence-electron chi connectivity index (χ1n) is 15.8. The van der Waals surface area contributed by atoms with Gasteiger partial charge < -0.3 is 46.7 Å². The number of aliphatic hydroxyl groups excluding tert-OH is 1. The summed E-state index contributed by atoms with van der Waals surface area (Å²) in [7, 11) is 16.7. The molecule has 0 amide bonds. The van der Waals surface area contributed by atoms with E-state index < -0.39 is 17.9 Å². The molecule has 0 aromatic carbocycles. The van der Waals surface area contributed by atoms with Crippen LogP contribution in [0, 0.1) is 11.8 Å². The molecule has 0 unspecified atom stereocenters. The Hall–Kier alpha value is -1.82. The molecule has 19 heteroatoms. The average molecular weight is 734 g/mol. The fourth-order valence-electron chi connectivity index (χ4n) is 4.02. The molecule has 2 aliphatic rings. The summed E-state index contributed by atoms with van der Waals surface area (Å²) in [6, 6.07) is 0. The van der Waals surface area contributed by atoms with Crippen molar-refractivity contribution in [3.05, 3.63) is 0 Å². The van der Waals surface area contributed by atoms with Crippen molar-refractivity contribution in [2.45, 2.75) is 78.6 Å². The van der Waals surface area contributed by atoms with Crippen LogP contribution in [0.15, 0.2) is 0 Å². The molecule has 0 saturated carbocycles. The Labute approximate surface area is 323 Å². The Morgan fingerprint density at radius 2 is 1.12 bits per heavy atom. The SMILES string of the molecule is CC(=O)OOC(C)=O.CF.CN1CCC(CCO)CC1.CNCC(=O)OC.COC(=O)CCCCC1CCN(C)CC1.[B-]OC(C)=O.[B]F.[Na+]. The van der Waals surface area contributed by atoms with Gasteiger partial charge in [0.2, 0.25) is 5.97 Å². The normalized spacial score (nSPS) is 13.7. The predicted molar refractivity (Wildman–Crippen MR) is 184 cm³/mol. The van der Waals surface area contributed by atoms with Gasteiger partial charge in [0.05, 0.1) is 27.9 Å². The van der Waals surface area contributed by atoms with Crippen LogP contribution in [-0.2, 0) is 47.9 Å². The van der Waals surface area contributed by atoms with Crippen LogP contribution >= 0.6 is 0 Å². The number of nitrogens with one attached hydrogen (secondary N) is 1. The fraction of sp³-hybridized carbons (Fsp3) is 0.839. The smallest absolute Gasteiger partial charge is 0.793 e. The van der Waals surface area contributed by atoms with E-state index in [1.807, 2.05) is 0 Å². The van der Waals surface area contributed by atoms with Gasteiger partial charge in [-0.2, -0.15) is 0 Å². The third-order valence-corrected chi connectivity index (χ3v) is 6.68. The molecule has 0 bridgehead atoms. The third kappa shape index (κ3) is 53.0. The predicted octanol–water partition coefficient (Wildman–Crippen LogP) is -0.559. The van der Waals surface area contributed by atoms with Gasteiger partial charge in [-0.15, -0.1) is 0 Å². The zero-order valence-corrected chi connectivity index (χ0v) is 34.1. The van der Waals surface area contributed by atoms with Gasteiger partial charge in [-0.25, -0.2) is 19.4 Å². The molecule has 50 heavy (non-hydrogen) atoms. The zero-order chi connectivity index (χ0) is 39.0. The number of hydrogen-bond acceptors (Lipinski definition) is 14. The Morgan fingerprint density at radius 1 is 0.760 bits per heavy atom. The second kappa shape index (κ2) is 47.2. The first-order valence-corrected chi connectivity index (χ1v) is 15.8. The molecular weight excluding hydrogens is 673 g/mol. The van der Waals surface area contributed by atoms with Crippen LogP contribution in [0.3, 0.4) is 0 Å². The number of methoxy groups -OCH3 is 2. The van der Waals surface area contributed by atoms with Gasteiger partial charge in [-0.1, -0.05) is 12.8 Å². The number of carbonyl (C=O) groups is 5. The number of ether oxygens (including phenoxy) is 2. The van der Waals surface area contributed by atoms with E-state index in [0.29, 0.717) is 20.2 Å². The minimum atomic E-state index is -0.639. The summed E-state index contributed by atoms with van der Waals surface area (Å²) in [4.78, 5) is 62.5. The van der Waals surface area contributed by atoms with E-state index in [9.17, 15) is 28.4 Å². The van der Waals surface area contributed by atoms with Gasteiger partial charge in [-0.05, 0) is 97.7 Å². The summed E-state index contributed by atoms with van der Waals surface area (Å²) in [6.07, 6.45) is 10.2. The molecule has 0 aromatic rings. The number of nitrogens with zero attached hydrogens (tertiary/aromatic N) is 2. The van der Waals surface area contributed by atoms with Gasteiger partial charge in [-0.3, -0.25) is 18.8 Å². The first kappa shape index (κ1) is 60.3. The molecule has 0 atom stereocenters. The Morgan fingerprint density at radius 3 is 1.38 bits per heavy atom. The monoisotopic (exact) mass is 734 g/mol. The molecule has 0 spiro atoms. The van der Waals surface area contributed by atoms with E-state index >= 15 is 0 Å². The van der Waals surface area contributed by atoms with Crippen LogP contribution in [0.1, 0.15) is 78.6 Å². The quantitative estimate of drug-likeness (QED) is 0.102. The summed E-state index contributed by atoms with van der Waals surface area (Å²) in [5.74, 6) is -0.369. The van der Waals surface area contributed by atoms with E-state index in [2.05, 4.69) is 69.3 Å². The molecular formula is C31H61B2F2N3NaO11. The summed E-state index contributed by atoms with van der Waals surface area (Å²) in [5.41, 5.74) is 0. The number of esters is 2. The molecule has 2 fully saturated rings. The number of piperidine rings is 2. The maximum atomic E-state index is 10.9. The molecule has 287 valence electrons. The van der Waals surface area contributed by atoms with Gasteiger partial charge >= 0.3 is 61.6 Å². The molecule has 0 aliphatic carbocycles. The molecule has 2 aliphatic heterocycles. The van der Waals surface area contributed by atoms with Crippen molar-refractivity contribution in [1.82, 2.24) is 15.1 Å². The summed E-state index contributed by atoms with van der Waals surface area (Å²) < 4.78 is 31.0.